The normalized spacial score (nSPS) is 13.2. The number of hydrogen-bond donors (Lipinski definition) is 1. The Morgan fingerprint density at radius 3 is 2.64 bits per heavy atom. The highest BCUT2D eigenvalue weighted by molar-refractivity contribution is 5.77. The monoisotopic (exact) mass is 343 g/mol. The maximum Gasteiger partial charge on any atom is 0.258 e. The molecule has 0 radical (unpaired) electrons. The highest BCUT2D eigenvalue weighted by Gasteiger charge is 2.14. The molecule has 1 aliphatic rings. The Labute approximate surface area is 148 Å². The Morgan fingerprint density at radius 1 is 1.16 bits per heavy atom. The largest absolute Gasteiger partial charge is 0.494 e. The van der Waals surface area contributed by atoms with Crippen LogP contribution >= 0.6 is 0 Å². The van der Waals surface area contributed by atoms with Crippen molar-refractivity contribution in [1.82, 2.24) is 15.1 Å². The van der Waals surface area contributed by atoms with Crippen molar-refractivity contribution < 1.29 is 14.3 Å². The summed E-state index contributed by atoms with van der Waals surface area (Å²) in [5, 5.41) is 7.31. The molecule has 3 rings (SSSR count). The van der Waals surface area contributed by atoms with Gasteiger partial charge in [-0.15, -0.1) is 0 Å². The number of carbonyl (C=O) groups is 1. The van der Waals surface area contributed by atoms with Gasteiger partial charge in [-0.2, -0.15) is 5.10 Å². The van der Waals surface area contributed by atoms with Crippen molar-refractivity contribution in [3.63, 3.8) is 0 Å². The van der Waals surface area contributed by atoms with Crippen LogP contribution in [0.4, 0.5) is 0 Å². The highest BCUT2D eigenvalue weighted by Crippen LogP contribution is 2.20. The molecule has 0 aliphatic heterocycles. The van der Waals surface area contributed by atoms with Gasteiger partial charge >= 0.3 is 0 Å². The molecule has 1 aromatic heterocycles. The Morgan fingerprint density at radius 2 is 1.88 bits per heavy atom. The summed E-state index contributed by atoms with van der Waals surface area (Å²) >= 11 is 0. The minimum atomic E-state index is -0.130. The molecule has 0 fully saturated rings. The summed E-state index contributed by atoms with van der Waals surface area (Å²) in [7, 11) is 0. The number of carbonyl (C=O) groups excluding carboxylic acids is 1. The molecule has 1 aliphatic carbocycles. The third-order valence-electron chi connectivity index (χ3n) is 4.30. The molecule has 1 N–H and O–H groups in total. The fourth-order valence-corrected chi connectivity index (χ4v) is 3.05. The summed E-state index contributed by atoms with van der Waals surface area (Å²) in [6.07, 6.45) is 6.65. The van der Waals surface area contributed by atoms with E-state index in [1.807, 2.05) is 29.9 Å². The van der Waals surface area contributed by atoms with Gasteiger partial charge in [0.1, 0.15) is 11.5 Å². The van der Waals surface area contributed by atoms with Crippen LogP contribution in [0.5, 0.6) is 11.5 Å². The van der Waals surface area contributed by atoms with Crippen LogP contribution in [0.2, 0.25) is 0 Å². The number of benzene rings is 1. The van der Waals surface area contributed by atoms with Crippen LogP contribution in [-0.4, -0.2) is 35.4 Å². The van der Waals surface area contributed by atoms with Gasteiger partial charge in [-0.25, -0.2) is 0 Å². The Hall–Kier alpha value is -2.50. The van der Waals surface area contributed by atoms with Crippen molar-refractivity contribution >= 4 is 5.91 Å². The number of aromatic nitrogens is 2. The topological polar surface area (TPSA) is 65.4 Å². The average Bonchev–Trinajstić information content (AvgIpc) is 3.05. The third kappa shape index (κ3) is 4.75. The lowest BCUT2D eigenvalue weighted by atomic mass is 9.98. The molecule has 2 aromatic rings. The van der Waals surface area contributed by atoms with Crippen LogP contribution in [0.3, 0.4) is 0 Å². The average molecular weight is 343 g/mol. The van der Waals surface area contributed by atoms with E-state index < -0.39 is 0 Å². The number of rotatable bonds is 8. The minimum Gasteiger partial charge on any atom is -0.494 e. The van der Waals surface area contributed by atoms with Crippen molar-refractivity contribution in [1.29, 1.82) is 0 Å². The van der Waals surface area contributed by atoms with E-state index >= 15 is 0 Å². The first-order valence-corrected chi connectivity index (χ1v) is 8.92. The second kappa shape index (κ2) is 8.55. The van der Waals surface area contributed by atoms with E-state index in [0.717, 1.165) is 18.6 Å². The first-order chi connectivity index (χ1) is 12.3. The fourth-order valence-electron chi connectivity index (χ4n) is 3.05. The van der Waals surface area contributed by atoms with Crippen molar-refractivity contribution in [3.05, 3.63) is 41.7 Å². The van der Waals surface area contributed by atoms with Gasteiger partial charge in [-0.05, 0) is 62.4 Å². The molecule has 1 aromatic carbocycles. The highest BCUT2D eigenvalue weighted by atomic mass is 16.5. The van der Waals surface area contributed by atoms with E-state index in [1.54, 1.807) is 12.1 Å². The Bertz CT molecular complexity index is 694. The lowest BCUT2D eigenvalue weighted by molar-refractivity contribution is -0.123. The van der Waals surface area contributed by atoms with Gasteiger partial charge in [0.05, 0.1) is 19.3 Å². The molecule has 1 amide bonds. The predicted molar refractivity (Wildman–Crippen MR) is 95.0 cm³/mol. The van der Waals surface area contributed by atoms with Gasteiger partial charge < -0.3 is 14.8 Å². The van der Waals surface area contributed by atoms with E-state index in [-0.39, 0.29) is 12.5 Å². The van der Waals surface area contributed by atoms with Crippen LogP contribution in [0.25, 0.3) is 0 Å². The van der Waals surface area contributed by atoms with Gasteiger partial charge in [0.25, 0.3) is 5.91 Å². The molecular weight excluding hydrogens is 318 g/mol. The zero-order valence-corrected chi connectivity index (χ0v) is 14.7. The number of amides is 1. The van der Waals surface area contributed by atoms with Crippen LogP contribution in [0.1, 0.15) is 31.0 Å². The number of nitrogens with zero attached hydrogens (tertiary/aromatic N) is 2. The Kier molecular flexibility index (Phi) is 5.93. The Balaban J connectivity index is 1.39. The summed E-state index contributed by atoms with van der Waals surface area (Å²) in [5.74, 6) is 1.32. The maximum atomic E-state index is 11.9. The zero-order chi connectivity index (χ0) is 17.5. The van der Waals surface area contributed by atoms with E-state index in [4.69, 9.17) is 9.47 Å². The van der Waals surface area contributed by atoms with Crippen molar-refractivity contribution in [2.75, 3.05) is 19.8 Å². The minimum absolute atomic E-state index is 0.00515. The predicted octanol–water partition coefficient (Wildman–Crippen LogP) is 2.36. The third-order valence-corrected chi connectivity index (χ3v) is 4.30. The standard InChI is InChI=1S/C19H25N3O3/c1-2-24-16-7-9-17(10-8-16)25-14-19(23)20-11-12-22-18-6-4-3-5-15(18)13-21-22/h7-10,13H,2-6,11-12,14H2,1H3,(H,20,23). The molecule has 0 unspecified atom stereocenters. The molecule has 25 heavy (non-hydrogen) atoms. The lowest BCUT2D eigenvalue weighted by Gasteiger charge is -2.14. The van der Waals surface area contributed by atoms with Gasteiger partial charge in [0.2, 0.25) is 0 Å². The number of fused-ring (bicyclic) bond motifs is 1. The molecule has 1 heterocycles. The molecule has 0 spiro atoms. The van der Waals surface area contributed by atoms with E-state index in [2.05, 4.69) is 10.4 Å². The molecule has 0 atom stereocenters. The second-order valence-corrected chi connectivity index (χ2v) is 6.09. The first kappa shape index (κ1) is 17.3. The van der Waals surface area contributed by atoms with Gasteiger partial charge in [-0.1, -0.05) is 0 Å². The first-order valence-electron chi connectivity index (χ1n) is 8.92. The van der Waals surface area contributed by atoms with Crippen LogP contribution in [0, 0.1) is 0 Å². The summed E-state index contributed by atoms with van der Waals surface area (Å²) < 4.78 is 12.9. The molecule has 134 valence electrons. The molecule has 6 heteroatoms. The SMILES string of the molecule is CCOc1ccc(OCC(=O)NCCn2ncc3c2CCCC3)cc1. The zero-order valence-electron chi connectivity index (χ0n) is 14.7. The number of ether oxygens (including phenoxy) is 2. The lowest BCUT2D eigenvalue weighted by Crippen LogP contribution is -2.32. The van der Waals surface area contributed by atoms with Crippen molar-refractivity contribution in [2.24, 2.45) is 0 Å². The number of aryl methyl sites for hydroxylation is 1. The molecule has 0 saturated carbocycles. The summed E-state index contributed by atoms with van der Waals surface area (Å²) in [4.78, 5) is 11.9. The molecular formula is C19H25N3O3. The molecule has 0 saturated heterocycles. The molecule has 6 nitrogen and oxygen atoms in total. The van der Waals surface area contributed by atoms with E-state index in [1.165, 1.54) is 24.1 Å². The second-order valence-electron chi connectivity index (χ2n) is 6.09. The number of nitrogens with one attached hydrogen (secondary N) is 1. The van der Waals surface area contributed by atoms with Crippen molar-refractivity contribution in [3.8, 4) is 11.5 Å². The van der Waals surface area contributed by atoms with Crippen LogP contribution in [-0.2, 0) is 24.2 Å². The van der Waals surface area contributed by atoms with Crippen LogP contribution in [0.15, 0.2) is 30.5 Å². The fraction of sp³-hybridized carbons (Fsp3) is 0.474. The maximum absolute atomic E-state index is 11.9. The molecule has 0 bridgehead atoms. The smallest absolute Gasteiger partial charge is 0.258 e. The van der Waals surface area contributed by atoms with Gasteiger partial charge in [0.15, 0.2) is 6.61 Å². The van der Waals surface area contributed by atoms with Gasteiger partial charge in [-0.3, -0.25) is 9.48 Å². The van der Waals surface area contributed by atoms with Gasteiger partial charge in [0, 0.05) is 12.2 Å². The summed E-state index contributed by atoms with van der Waals surface area (Å²) in [5.41, 5.74) is 2.68. The van der Waals surface area contributed by atoms with E-state index in [9.17, 15) is 4.79 Å². The summed E-state index contributed by atoms with van der Waals surface area (Å²) in [6, 6.07) is 7.26. The van der Waals surface area contributed by atoms with E-state index in [0.29, 0.717) is 25.4 Å². The van der Waals surface area contributed by atoms with Crippen molar-refractivity contribution in [2.45, 2.75) is 39.2 Å². The number of hydrogen-bond acceptors (Lipinski definition) is 4. The summed E-state index contributed by atoms with van der Waals surface area (Å²) in [6.45, 7) is 3.82. The quantitative estimate of drug-likeness (QED) is 0.799. The van der Waals surface area contributed by atoms with Crippen LogP contribution < -0.4 is 14.8 Å².